The number of carbonyl (C=O) groups is 1. The van der Waals surface area contributed by atoms with Gasteiger partial charge in [0, 0.05) is 32.2 Å². The number of fused-ring (bicyclic) bond motifs is 2. The summed E-state index contributed by atoms with van der Waals surface area (Å²) < 4.78 is 10.1. The average Bonchev–Trinajstić information content (AvgIpc) is 2.85. The summed E-state index contributed by atoms with van der Waals surface area (Å²) in [6.45, 7) is 1.14. The minimum Gasteiger partial charge on any atom is -0.465 e. The highest BCUT2D eigenvalue weighted by Crippen LogP contribution is 2.33. The number of hydrogen-bond donors (Lipinski definition) is 1. The maximum absolute atomic E-state index is 11.7. The van der Waals surface area contributed by atoms with E-state index in [1.54, 1.807) is 7.11 Å². The molecule has 2 fully saturated rings. The molecule has 0 aromatic heterocycles. The molecule has 3 unspecified atom stereocenters. The van der Waals surface area contributed by atoms with Crippen LogP contribution in [0.3, 0.4) is 0 Å². The number of rotatable bonds is 5. The highest BCUT2D eigenvalue weighted by molar-refractivity contribution is 5.74. The SMILES string of the molecule is COCCCOC(=O)C1CC2CCC1N2. The fourth-order valence-electron chi connectivity index (χ4n) is 2.57. The smallest absolute Gasteiger partial charge is 0.310 e. The van der Waals surface area contributed by atoms with Gasteiger partial charge in [0.15, 0.2) is 0 Å². The van der Waals surface area contributed by atoms with E-state index in [1.807, 2.05) is 0 Å². The van der Waals surface area contributed by atoms with E-state index >= 15 is 0 Å². The van der Waals surface area contributed by atoms with Gasteiger partial charge in [0.1, 0.15) is 0 Å². The summed E-state index contributed by atoms with van der Waals surface area (Å²) in [6, 6.07) is 0.941. The summed E-state index contributed by atoms with van der Waals surface area (Å²) in [5, 5.41) is 3.43. The number of hydrogen-bond acceptors (Lipinski definition) is 4. The minimum absolute atomic E-state index is 0.0224. The molecule has 0 aromatic rings. The zero-order valence-corrected chi connectivity index (χ0v) is 9.20. The summed E-state index contributed by atoms with van der Waals surface area (Å²) in [5.74, 6) is 0.0806. The summed E-state index contributed by atoms with van der Waals surface area (Å²) in [6.07, 6.45) is 4.10. The van der Waals surface area contributed by atoms with E-state index in [2.05, 4.69) is 5.32 Å². The molecule has 0 amide bonds. The fourth-order valence-corrected chi connectivity index (χ4v) is 2.57. The van der Waals surface area contributed by atoms with E-state index < -0.39 is 0 Å². The first-order chi connectivity index (χ1) is 7.31. The van der Waals surface area contributed by atoms with Crippen LogP contribution in [0.4, 0.5) is 0 Å². The Labute approximate surface area is 90.3 Å². The van der Waals surface area contributed by atoms with E-state index in [0.29, 0.717) is 25.3 Å². The second-order valence-electron chi connectivity index (χ2n) is 4.40. The Hall–Kier alpha value is -0.610. The van der Waals surface area contributed by atoms with E-state index in [0.717, 1.165) is 19.3 Å². The van der Waals surface area contributed by atoms with Crippen LogP contribution in [-0.4, -0.2) is 38.4 Å². The molecule has 1 N–H and O–H groups in total. The van der Waals surface area contributed by atoms with Gasteiger partial charge in [0.2, 0.25) is 0 Å². The monoisotopic (exact) mass is 213 g/mol. The maximum atomic E-state index is 11.7. The van der Waals surface area contributed by atoms with Crippen LogP contribution >= 0.6 is 0 Å². The fraction of sp³-hybridized carbons (Fsp3) is 0.909. The first-order valence-electron chi connectivity index (χ1n) is 5.73. The minimum atomic E-state index is -0.0224. The van der Waals surface area contributed by atoms with Crippen molar-refractivity contribution in [1.82, 2.24) is 5.32 Å². The predicted octanol–water partition coefficient (Wildman–Crippen LogP) is 0.707. The molecule has 4 heteroatoms. The van der Waals surface area contributed by atoms with Gasteiger partial charge in [0.05, 0.1) is 12.5 Å². The quantitative estimate of drug-likeness (QED) is 0.539. The van der Waals surface area contributed by atoms with Crippen molar-refractivity contribution in [2.75, 3.05) is 20.3 Å². The molecule has 2 bridgehead atoms. The molecule has 0 aromatic carbocycles. The molecule has 0 spiro atoms. The van der Waals surface area contributed by atoms with Crippen molar-refractivity contribution in [1.29, 1.82) is 0 Å². The van der Waals surface area contributed by atoms with Gasteiger partial charge in [-0.1, -0.05) is 0 Å². The van der Waals surface area contributed by atoms with Gasteiger partial charge in [-0.25, -0.2) is 0 Å². The summed E-state index contributed by atoms with van der Waals surface area (Å²) in [5.41, 5.74) is 0. The van der Waals surface area contributed by atoms with Gasteiger partial charge in [0.25, 0.3) is 0 Å². The average molecular weight is 213 g/mol. The molecule has 2 heterocycles. The van der Waals surface area contributed by atoms with E-state index in [1.165, 1.54) is 6.42 Å². The van der Waals surface area contributed by atoms with Crippen molar-refractivity contribution in [3.05, 3.63) is 0 Å². The second kappa shape index (κ2) is 4.94. The Bertz CT molecular complexity index is 232. The highest BCUT2D eigenvalue weighted by Gasteiger charge is 2.43. The lowest BCUT2D eigenvalue weighted by Crippen LogP contribution is -2.30. The van der Waals surface area contributed by atoms with Gasteiger partial charge < -0.3 is 14.8 Å². The lowest BCUT2D eigenvalue weighted by Gasteiger charge is -2.18. The molecule has 2 aliphatic rings. The lowest BCUT2D eigenvalue weighted by molar-refractivity contribution is -0.149. The van der Waals surface area contributed by atoms with Crippen LogP contribution in [0, 0.1) is 5.92 Å². The Morgan fingerprint density at radius 3 is 2.87 bits per heavy atom. The second-order valence-corrected chi connectivity index (χ2v) is 4.40. The first-order valence-corrected chi connectivity index (χ1v) is 5.73. The molecule has 0 saturated carbocycles. The van der Waals surface area contributed by atoms with Gasteiger partial charge in [-0.15, -0.1) is 0 Å². The van der Waals surface area contributed by atoms with Crippen LogP contribution < -0.4 is 5.32 Å². The molecule has 2 aliphatic heterocycles. The van der Waals surface area contributed by atoms with Crippen LogP contribution in [0.1, 0.15) is 25.7 Å². The van der Waals surface area contributed by atoms with E-state index in [-0.39, 0.29) is 11.9 Å². The van der Waals surface area contributed by atoms with Gasteiger partial charge in [-0.2, -0.15) is 0 Å². The third-order valence-corrected chi connectivity index (χ3v) is 3.34. The van der Waals surface area contributed by atoms with E-state index in [9.17, 15) is 4.79 Å². The molecule has 2 saturated heterocycles. The van der Waals surface area contributed by atoms with Crippen LogP contribution in [0.2, 0.25) is 0 Å². The Morgan fingerprint density at radius 1 is 1.40 bits per heavy atom. The molecule has 0 radical (unpaired) electrons. The summed E-state index contributed by atoms with van der Waals surface area (Å²) in [4.78, 5) is 11.7. The molecule has 4 nitrogen and oxygen atoms in total. The number of carbonyl (C=O) groups excluding carboxylic acids is 1. The Balaban J connectivity index is 1.68. The largest absolute Gasteiger partial charge is 0.465 e. The molecule has 0 aliphatic carbocycles. The van der Waals surface area contributed by atoms with Crippen molar-refractivity contribution in [3.63, 3.8) is 0 Å². The van der Waals surface area contributed by atoms with Crippen LogP contribution in [0.5, 0.6) is 0 Å². The molecule has 86 valence electrons. The molecular weight excluding hydrogens is 194 g/mol. The van der Waals surface area contributed by atoms with Gasteiger partial charge in [-0.05, 0) is 19.3 Å². The predicted molar refractivity (Wildman–Crippen MR) is 55.5 cm³/mol. The van der Waals surface area contributed by atoms with Gasteiger partial charge >= 0.3 is 5.97 Å². The number of ether oxygens (including phenoxy) is 2. The van der Waals surface area contributed by atoms with Crippen molar-refractivity contribution in [2.45, 2.75) is 37.8 Å². The summed E-state index contributed by atoms with van der Waals surface area (Å²) >= 11 is 0. The van der Waals surface area contributed by atoms with E-state index in [4.69, 9.17) is 9.47 Å². The maximum Gasteiger partial charge on any atom is 0.310 e. The lowest BCUT2D eigenvalue weighted by atomic mass is 9.89. The van der Waals surface area contributed by atoms with Gasteiger partial charge in [-0.3, -0.25) is 4.79 Å². The first kappa shape index (κ1) is 10.9. The van der Waals surface area contributed by atoms with Crippen LogP contribution in [0.25, 0.3) is 0 Å². The molecule has 2 rings (SSSR count). The standard InChI is InChI=1S/C11H19NO3/c1-14-5-2-6-15-11(13)9-7-8-3-4-10(9)12-8/h8-10,12H,2-7H2,1H3. The zero-order chi connectivity index (χ0) is 10.7. The summed E-state index contributed by atoms with van der Waals surface area (Å²) in [7, 11) is 1.65. The van der Waals surface area contributed by atoms with Crippen molar-refractivity contribution < 1.29 is 14.3 Å². The van der Waals surface area contributed by atoms with Crippen molar-refractivity contribution in [2.24, 2.45) is 5.92 Å². The Kier molecular flexibility index (Phi) is 3.59. The third kappa shape index (κ3) is 2.49. The molecular formula is C11H19NO3. The Morgan fingerprint density at radius 2 is 2.27 bits per heavy atom. The van der Waals surface area contributed by atoms with Crippen molar-refractivity contribution >= 4 is 5.97 Å². The molecule has 15 heavy (non-hydrogen) atoms. The topological polar surface area (TPSA) is 47.6 Å². The normalized spacial score (nSPS) is 33.3. The zero-order valence-electron chi connectivity index (χ0n) is 9.20. The number of methoxy groups -OCH3 is 1. The van der Waals surface area contributed by atoms with Crippen LogP contribution in [0.15, 0.2) is 0 Å². The number of esters is 1. The highest BCUT2D eigenvalue weighted by atomic mass is 16.5. The van der Waals surface area contributed by atoms with Crippen molar-refractivity contribution in [3.8, 4) is 0 Å². The van der Waals surface area contributed by atoms with Crippen LogP contribution in [-0.2, 0) is 14.3 Å². The number of nitrogens with one attached hydrogen (secondary N) is 1. The third-order valence-electron chi connectivity index (χ3n) is 3.34. The molecule has 3 atom stereocenters.